The number of nitrogens with zero attached hydrogens (tertiary/aromatic N) is 1. The third kappa shape index (κ3) is 4.71. The minimum Gasteiger partial charge on any atom is -0.456 e. The van der Waals surface area contributed by atoms with E-state index in [0.29, 0.717) is 6.54 Å². The van der Waals surface area contributed by atoms with Gasteiger partial charge >= 0.3 is 0 Å². The molecule has 1 spiro atoms. The van der Waals surface area contributed by atoms with Crippen LogP contribution in [0.1, 0.15) is 54.6 Å². The summed E-state index contributed by atoms with van der Waals surface area (Å²) in [6.45, 7) is 4.63. The second-order valence-electron chi connectivity index (χ2n) is 16.2. The molecule has 1 aromatic heterocycles. The molecular formula is C51H43NO. The fourth-order valence-electron chi connectivity index (χ4n) is 11.6. The Bertz CT molecular complexity index is 2560. The molecule has 0 saturated heterocycles. The van der Waals surface area contributed by atoms with Gasteiger partial charge in [-0.25, -0.2) is 0 Å². The first kappa shape index (κ1) is 31.0. The van der Waals surface area contributed by atoms with Gasteiger partial charge < -0.3 is 9.32 Å². The van der Waals surface area contributed by atoms with Crippen molar-refractivity contribution in [3.63, 3.8) is 0 Å². The van der Waals surface area contributed by atoms with Gasteiger partial charge in [0.25, 0.3) is 0 Å². The molecule has 5 aliphatic rings. The van der Waals surface area contributed by atoms with Crippen LogP contribution in [0.3, 0.4) is 0 Å². The minimum atomic E-state index is 0.106. The van der Waals surface area contributed by atoms with Crippen LogP contribution in [0.25, 0.3) is 50.1 Å². The highest BCUT2D eigenvalue weighted by Crippen LogP contribution is 2.69. The molecule has 2 nitrogen and oxygen atoms in total. The summed E-state index contributed by atoms with van der Waals surface area (Å²) >= 11 is 0. The molecule has 12 rings (SSSR count). The maximum Gasteiger partial charge on any atom is 0.135 e. The molecular weight excluding hydrogens is 643 g/mol. The summed E-state index contributed by atoms with van der Waals surface area (Å²) in [5.74, 6) is 4.14. The van der Waals surface area contributed by atoms with Crippen molar-refractivity contribution in [3.8, 4) is 22.3 Å². The van der Waals surface area contributed by atoms with Crippen LogP contribution in [0.4, 0.5) is 11.4 Å². The average molecular weight is 686 g/mol. The van der Waals surface area contributed by atoms with Crippen LogP contribution in [0.5, 0.6) is 0 Å². The number of hydrogen-bond donors (Lipinski definition) is 0. The summed E-state index contributed by atoms with van der Waals surface area (Å²) in [6, 6.07) is 49.9. The fourth-order valence-corrected chi connectivity index (χ4v) is 11.6. The third-order valence-corrected chi connectivity index (χ3v) is 13.5. The van der Waals surface area contributed by atoms with Crippen LogP contribution in [-0.4, -0.2) is 0 Å². The maximum absolute atomic E-state index is 6.52. The van der Waals surface area contributed by atoms with Crippen molar-refractivity contribution in [2.24, 2.45) is 23.7 Å². The molecule has 2 heteroatoms. The van der Waals surface area contributed by atoms with Crippen LogP contribution in [0.2, 0.25) is 0 Å². The lowest BCUT2D eigenvalue weighted by Crippen LogP contribution is -2.55. The van der Waals surface area contributed by atoms with Crippen molar-refractivity contribution >= 4 is 39.2 Å². The average Bonchev–Trinajstić information content (AvgIpc) is 3.70. The summed E-state index contributed by atoms with van der Waals surface area (Å²) in [4.78, 5) is 2.55. The Morgan fingerprint density at radius 3 is 2.15 bits per heavy atom. The SMILES string of the molecule is C=C/C=C\c1oc2ccccc2c1CN(c1ccc2c(c1)C1(c3ccccc3-2)C2CC3CC(C2)CC1C3)c1ccc2ccc(-c3ccccc3)cc2c1. The summed E-state index contributed by atoms with van der Waals surface area (Å²) in [7, 11) is 0. The predicted molar refractivity (Wildman–Crippen MR) is 220 cm³/mol. The van der Waals surface area contributed by atoms with Gasteiger partial charge in [-0.15, -0.1) is 0 Å². The minimum absolute atomic E-state index is 0.106. The second-order valence-corrected chi connectivity index (χ2v) is 16.2. The van der Waals surface area contributed by atoms with Gasteiger partial charge in [0.05, 0.1) is 6.54 Å². The van der Waals surface area contributed by atoms with Crippen molar-refractivity contribution in [1.29, 1.82) is 0 Å². The van der Waals surface area contributed by atoms with Crippen molar-refractivity contribution in [1.82, 2.24) is 0 Å². The summed E-state index contributed by atoms with van der Waals surface area (Å²) in [6.07, 6.45) is 12.8. The normalized spacial score (nSPS) is 23.6. The van der Waals surface area contributed by atoms with Gasteiger partial charge in [-0.3, -0.25) is 0 Å². The van der Waals surface area contributed by atoms with E-state index in [-0.39, 0.29) is 5.41 Å². The Morgan fingerprint density at radius 1 is 0.623 bits per heavy atom. The highest BCUT2D eigenvalue weighted by atomic mass is 16.3. The van der Waals surface area contributed by atoms with Gasteiger partial charge in [0.15, 0.2) is 0 Å². The Kier molecular flexibility index (Phi) is 6.99. The lowest BCUT2D eigenvalue weighted by atomic mass is 9.43. The number of allylic oxidation sites excluding steroid dienone is 2. The Balaban J connectivity index is 1.11. The van der Waals surface area contributed by atoms with E-state index in [0.717, 1.165) is 40.4 Å². The van der Waals surface area contributed by atoms with Crippen LogP contribution in [0, 0.1) is 23.7 Å². The number of hydrogen-bond acceptors (Lipinski definition) is 2. The van der Waals surface area contributed by atoms with Gasteiger partial charge in [-0.2, -0.15) is 0 Å². The molecule has 4 saturated carbocycles. The molecule has 0 amide bonds. The second kappa shape index (κ2) is 12.0. The number of para-hydroxylation sites is 1. The number of benzene rings is 6. The predicted octanol–water partition coefficient (Wildman–Crippen LogP) is 13.5. The molecule has 0 aliphatic heterocycles. The molecule has 258 valence electrons. The molecule has 6 aromatic carbocycles. The Morgan fingerprint density at radius 2 is 1.32 bits per heavy atom. The summed E-state index contributed by atoms with van der Waals surface area (Å²) in [5, 5.41) is 3.64. The van der Waals surface area contributed by atoms with Gasteiger partial charge in [0.1, 0.15) is 11.3 Å². The molecule has 0 N–H and O–H groups in total. The lowest BCUT2D eigenvalue weighted by Gasteiger charge is -2.61. The summed E-state index contributed by atoms with van der Waals surface area (Å²) < 4.78 is 6.52. The Hall–Kier alpha value is -5.60. The number of furan rings is 1. The molecule has 1 heterocycles. The highest BCUT2D eigenvalue weighted by Gasteiger charge is 2.61. The molecule has 0 atom stereocenters. The fraction of sp³-hybridized carbons (Fsp3) is 0.216. The topological polar surface area (TPSA) is 16.4 Å². The first-order valence-corrected chi connectivity index (χ1v) is 19.6. The van der Waals surface area contributed by atoms with E-state index in [1.54, 1.807) is 11.1 Å². The smallest absolute Gasteiger partial charge is 0.135 e. The van der Waals surface area contributed by atoms with Crippen LogP contribution >= 0.6 is 0 Å². The zero-order chi connectivity index (χ0) is 35.1. The molecule has 4 fully saturated rings. The van der Waals surface area contributed by atoms with E-state index in [9.17, 15) is 0 Å². The van der Waals surface area contributed by atoms with Gasteiger partial charge in [-0.1, -0.05) is 116 Å². The van der Waals surface area contributed by atoms with Gasteiger partial charge in [-0.05, 0) is 142 Å². The van der Waals surface area contributed by atoms with E-state index < -0.39 is 0 Å². The van der Waals surface area contributed by atoms with Crippen LogP contribution < -0.4 is 4.90 Å². The lowest BCUT2D eigenvalue weighted by molar-refractivity contribution is -0.0399. The van der Waals surface area contributed by atoms with Crippen LogP contribution in [0.15, 0.2) is 157 Å². The quantitative estimate of drug-likeness (QED) is 0.155. The molecule has 0 unspecified atom stereocenters. The van der Waals surface area contributed by atoms with Crippen molar-refractivity contribution in [2.45, 2.75) is 44.1 Å². The molecule has 0 radical (unpaired) electrons. The molecule has 53 heavy (non-hydrogen) atoms. The van der Waals surface area contributed by atoms with E-state index in [1.807, 2.05) is 12.2 Å². The van der Waals surface area contributed by atoms with E-state index in [2.05, 4.69) is 151 Å². The zero-order valence-corrected chi connectivity index (χ0v) is 30.0. The molecule has 4 bridgehead atoms. The van der Waals surface area contributed by atoms with Crippen molar-refractivity contribution in [3.05, 3.63) is 175 Å². The standard InChI is InChI=1S/C51H43NO/c1-2-3-16-50-46(45-14-8-10-17-49(45)53-50)32-52(41-21-20-36-18-19-37(29-38(36)30-41)35-11-5-4-6-12-35)42-22-23-44-43-13-7-9-15-47(43)51(48(44)31-42)39-25-33-24-34(27-39)28-40(51)26-33/h2-23,29-31,33-34,39-40H,1,24-28,32H2/b16-3-. The highest BCUT2D eigenvalue weighted by molar-refractivity contribution is 5.92. The monoisotopic (exact) mass is 685 g/mol. The molecule has 7 aromatic rings. The zero-order valence-electron chi connectivity index (χ0n) is 30.0. The largest absolute Gasteiger partial charge is 0.456 e. The van der Waals surface area contributed by atoms with E-state index >= 15 is 0 Å². The van der Waals surface area contributed by atoms with Crippen molar-refractivity contribution < 1.29 is 4.42 Å². The van der Waals surface area contributed by atoms with E-state index in [1.165, 1.54) is 82.1 Å². The maximum atomic E-state index is 6.52. The van der Waals surface area contributed by atoms with Crippen molar-refractivity contribution in [2.75, 3.05) is 4.90 Å². The van der Waals surface area contributed by atoms with Crippen LogP contribution in [-0.2, 0) is 12.0 Å². The third-order valence-electron chi connectivity index (χ3n) is 13.5. The number of fused-ring (bicyclic) bond motifs is 5. The van der Waals surface area contributed by atoms with Gasteiger partial charge in [0.2, 0.25) is 0 Å². The number of anilines is 2. The summed E-state index contributed by atoms with van der Waals surface area (Å²) in [5.41, 5.74) is 13.2. The molecule has 5 aliphatic carbocycles. The number of rotatable bonds is 7. The first-order chi connectivity index (χ1) is 26.2. The van der Waals surface area contributed by atoms with E-state index in [4.69, 9.17) is 4.42 Å². The Labute approximate surface area is 312 Å². The van der Waals surface area contributed by atoms with Gasteiger partial charge in [0, 0.05) is 27.7 Å². The first-order valence-electron chi connectivity index (χ1n) is 19.6.